The molecule has 0 bridgehead atoms. The summed E-state index contributed by atoms with van der Waals surface area (Å²) in [4.78, 5) is 0. The summed E-state index contributed by atoms with van der Waals surface area (Å²) in [5.74, 6) is 5.69. The number of phenols is 1. The number of rotatable bonds is 1. The summed E-state index contributed by atoms with van der Waals surface area (Å²) in [5, 5.41) is 20.9. The second kappa shape index (κ2) is 4.91. The van der Waals surface area contributed by atoms with E-state index in [1.807, 2.05) is 6.07 Å². The van der Waals surface area contributed by atoms with Crippen LogP contribution in [0.15, 0.2) is 18.2 Å². The Labute approximate surface area is 83.0 Å². The van der Waals surface area contributed by atoms with Crippen LogP contribution >= 0.6 is 0 Å². The second-order valence-corrected chi connectivity index (χ2v) is 2.68. The molecule has 0 saturated carbocycles. The molecular weight excluding hydrogens is 176 g/mol. The monoisotopic (exact) mass is 186 g/mol. The Morgan fingerprint density at radius 2 is 2.29 bits per heavy atom. The molecule has 0 spiro atoms. The molecule has 0 atom stereocenters. The van der Waals surface area contributed by atoms with Crippen LogP contribution in [-0.4, -0.2) is 18.7 Å². The molecule has 2 N–H and O–H groups in total. The molecule has 1 aromatic carbocycles. The first kappa shape index (κ1) is 10.1. The summed E-state index contributed by atoms with van der Waals surface area (Å²) < 4.78 is 0. The van der Waals surface area contributed by atoms with Gasteiger partial charge in [0.05, 0.1) is 23.7 Å². The number of benzene rings is 1. The predicted molar refractivity (Wildman–Crippen MR) is 53.6 cm³/mol. The highest BCUT2D eigenvalue weighted by atomic mass is 16.3. The van der Waals surface area contributed by atoms with Crippen LogP contribution in [0, 0.1) is 23.2 Å². The van der Waals surface area contributed by atoms with E-state index in [1.54, 1.807) is 19.2 Å². The lowest BCUT2D eigenvalue weighted by atomic mass is 10.1. The summed E-state index contributed by atoms with van der Waals surface area (Å²) in [6.07, 6.45) is 0. The minimum absolute atomic E-state index is 0.104. The van der Waals surface area contributed by atoms with Crippen LogP contribution in [0.2, 0.25) is 0 Å². The first-order valence-electron chi connectivity index (χ1n) is 4.14. The Kier molecular flexibility index (Phi) is 3.55. The van der Waals surface area contributed by atoms with Gasteiger partial charge in [-0.3, -0.25) is 0 Å². The van der Waals surface area contributed by atoms with Crippen molar-refractivity contribution in [1.29, 1.82) is 5.26 Å². The molecule has 70 valence electrons. The minimum atomic E-state index is 0.104. The van der Waals surface area contributed by atoms with Gasteiger partial charge in [0.2, 0.25) is 0 Å². The highest BCUT2D eigenvalue weighted by Gasteiger charge is 1.98. The zero-order valence-electron chi connectivity index (χ0n) is 7.83. The third-order valence-electron chi connectivity index (χ3n) is 1.61. The van der Waals surface area contributed by atoms with E-state index in [0.717, 1.165) is 0 Å². The molecule has 1 rings (SSSR count). The van der Waals surface area contributed by atoms with Gasteiger partial charge in [-0.05, 0) is 25.2 Å². The van der Waals surface area contributed by atoms with Crippen LogP contribution in [0.25, 0.3) is 0 Å². The Balaban J connectivity index is 2.98. The van der Waals surface area contributed by atoms with Gasteiger partial charge in [-0.1, -0.05) is 11.8 Å². The molecule has 0 aliphatic rings. The lowest BCUT2D eigenvalue weighted by molar-refractivity contribution is 0.473. The summed E-state index contributed by atoms with van der Waals surface area (Å²) in [6.45, 7) is 0.552. The second-order valence-electron chi connectivity index (χ2n) is 2.68. The number of nitrogens with one attached hydrogen (secondary N) is 1. The van der Waals surface area contributed by atoms with Crippen molar-refractivity contribution in [2.24, 2.45) is 0 Å². The van der Waals surface area contributed by atoms with E-state index in [-0.39, 0.29) is 5.75 Å². The third kappa shape index (κ3) is 2.52. The van der Waals surface area contributed by atoms with Gasteiger partial charge < -0.3 is 10.4 Å². The van der Waals surface area contributed by atoms with E-state index >= 15 is 0 Å². The van der Waals surface area contributed by atoms with Gasteiger partial charge in [-0.15, -0.1) is 0 Å². The first-order valence-corrected chi connectivity index (χ1v) is 4.14. The molecule has 1 aromatic rings. The van der Waals surface area contributed by atoms with E-state index in [1.165, 1.54) is 6.07 Å². The number of phenolic OH excluding ortho intramolecular Hbond substituents is 1. The average molecular weight is 186 g/mol. The summed E-state index contributed by atoms with van der Waals surface area (Å²) in [7, 11) is 1.79. The number of hydrogen-bond acceptors (Lipinski definition) is 3. The Hall–Kier alpha value is -1.97. The largest absolute Gasteiger partial charge is 0.507 e. The minimum Gasteiger partial charge on any atom is -0.507 e. The number of nitrogens with zero attached hydrogens (tertiary/aromatic N) is 1. The van der Waals surface area contributed by atoms with Crippen LogP contribution in [-0.2, 0) is 0 Å². The molecule has 0 radical (unpaired) electrons. The summed E-state index contributed by atoms with van der Waals surface area (Å²) in [6, 6.07) is 6.59. The molecular formula is C11H10N2O. The van der Waals surface area contributed by atoms with Gasteiger partial charge in [0, 0.05) is 0 Å². The lowest BCUT2D eigenvalue weighted by Gasteiger charge is -1.96. The van der Waals surface area contributed by atoms with Gasteiger partial charge >= 0.3 is 0 Å². The SMILES string of the molecule is CNCC#Cc1cc(C#N)ccc1O. The predicted octanol–water partition coefficient (Wildman–Crippen LogP) is 0.835. The molecule has 0 unspecified atom stereocenters. The van der Waals surface area contributed by atoms with Crippen molar-refractivity contribution in [2.45, 2.75) is 0 Å². The topological polar surface area (TPSA) is 56.0 Å². The normalized spacial score (nSPS) is 8.57. The molecule has 0 aliphatic heterocycles. The maximum absolute atomic E-state index is 9.40. The van der Waals surface area contributed by atoms with E-state index < -0.39 is 0 Å². The molecule has 0 fully saturated rings. The fourth-order valence-electron chi connectivity index (χ4n) is 0.934. The van der Waals surface area contributed by atoms with Crippen molar-refractivity contribution >= 4 is 0 Å². The lowest BCUT2D eigenvalue weighted by Crippen LogP contribution is -2.04. The van der Waals surface area contributed by atoms with Crippen molar-refractivity contribution in [1.82, 2.24) is 5.32 Å². The van der Waals surface area contributed by atoms with Crippen LogP contribution in [0.3, 0.4) is 0 Å². The Morgan fingerprint density at radius 3 is 2.93 bits per heavy atom. The maximum atomic E-state index is 9.40. The van der Waals surface area contributed by atoms with E-state index in [4.69, 9.17) is 5.26 Å². The maximum Gasteiger partial charge on any atom is 0.131 e. The zero-order valence-corrected chi connectivity index (χ0v) is 7.83. The van der Waals surface area contributed by atoms with Crippen LogP contribution in [0.1, 0.15) is 11.1 Å². The zero-order chi connectivity index (χ0) is 10.4. The number of hydrogen-bond donors (Lipinski definition) is 2. The van der Waals surface area contributed by atoms with Crippen molar-refractivity contribution in [2.75, 3.05) is 13.6 Å². The molecule has 3 nitrogen and oxygen atoms in total. The first-order chi connectivity index (χ1) is 6.77. The highest BCUT2D eigenvalue weighted by molar-refractivity contribution is 5.50. The summed E-state index contributed by atoms with van der Waals surface area (Å²) >= 11 is 0. The fraction of sp³-hybridized carbons (Fsp3) is 0.182. The molecule has 3 heteroatoms. The van der Waals surface area contributed by atoms with Crippen LogP contribution in [0.5, 0.6) is 5.75 Å². The van der Waals surface area contributed by atoms with Crippen molar-refractivity contribution in [3.05, 3.63) is 29.3 Å². The Morgan fingerprint density at radius 1 is 1.50 bits per heavy atom. The van der Waals surface area contributed by atoms with Gasteiger partial charge in [-0.2, -0.15) is 5.26 Å². The molecule has 0 amide bonds. The smallest absolute Gasteiger partial charge is 0.131 e. The van der Waals surface area contributed by atoms with E-state index in [2.05, 4.69) is 17.2 Å². The standard InChI is InChI=1S/C11H10N2O/c1-13-6-2-3-10-7-9(8-12)4-5-11(10)14/h4-5,7,13-14H,6H2,1H3. The van der Waals surface area contributed by atoms with Gasteiger partial charge in [0.15, 0.2) is 0 Å². The molecule has 0 heterocycles. The Bertz CT molecular complexity index is 421. The fourth-order valence-corrected chi connectivity index (χ4v) is 0.934. The van der Waals surface area contributed by atoms with Gasteiger partial charge in [-0.25, -0.2) is 0 Å². The molecule has 0 saturated heterocycles. The quantitative estimate of drug-likeness (QED) is 0.639. The number of nitriles is 1. The van der Waals surface area contributed by atoms with Gasteiger partial charge in [0.25, 0.3) is 0 Å². The van der Waals surface area contributed by atoms with Crippen molar-refractivity contribution < 1.29 is 5.11 Å². The van der Waals surface area contributed by atoms with E-state index in [9.17, 15) is 5.11 Å². The third-order valence-corrected chi connectivity index (χ3v) is 1.61. The van der Waals surface area contributed by atoms with Crippen molar-refractivity contribution in [3.63, 3.8) is 0 Å². The number of aromatic hydroxyl groups is 1. The van der Waals surface area contributed by atoms with Crippen LogP contribution in [0.4, 0.5) is 0 Å². The van der Waals surface area contributed by atoms with Crippen molar-refractivity contribution in [3.8, 4) is 23.7 Å². The molecule has 0 aliphatic carbocycles. The average Bonchev–Trinajstić information content (AvgIpc) is 2.21. The molecule has 0 aromatic heterocycles. The highest BCUT2D eigenvalue weighted by Crippen LogP contribution is 2.16. The molecule has 14 heavy (non-hydrogen) atoms. The van der Waals surface area contributed by atoms with E-state index in [0.29, 0.717) is 17.7 Å². The van der Waals surface area contributed by atoms with Crippen LogP contribution < -0.4 is 5.32 Å². The van der Waals surface area contributed by atoms with Gasteiger partial charge in [0.1, 0.15) is 5.75 Å². The summed E-state index contributed by atoms with van der Waals surface area (Å²) in [5.41, 5.74) is 0.982.